The summed E-state index contributed by atoms with van der Waals surface area (Å²) in [5.74, 6) is 0.988. The molecule has 1 aromatic rings. The largest absolute Gasteiger partial charge is 0.310 e. The zero-order chi connectivity index (χ0) is 12.0. The number of alkyl halides is 1. The van der Waals surface area contributed by atoms with Crippen molar-refractivity contribution in [3.05, 3.63) is 35.6 Å². The molecule has 1 unspecified atom stereocenters. The molecule has 1 rings (SSSR count). The van der Waals surface area contributed by atoms with E-state index in [9.17, 15) is 4.39 Å². The highest BCUT2D eigenvalue weighted by Gasteiger charge is 2.12. The number of rotatable bonds is 6. The van der Waals surface area contributed by atoms with Gasteiger partial charge in [-0.3, -0.25) is 0 Å². The summed E-state index contributed by atoms with van der Waals surface area (Å²) in [6, 6.07) is 7.20. The van der Waals surface area contributed by atoms with E-state index in [-0.39, 0.29) is 5.82 Å². The lowest BCUT2D eigenvalue weighted by Gasteiger charge is -2.21. The van der Waals surface area contributed by atoms with Crippen LogP contribution in [0.4, 0.5) is 4.39 Å². The lowest BCUT2D eigenvalue weighted by molar-refractivity contribution is 0.386. The molecule has 0 fully saturated rings. The molecule has 1 N–H and O–H groups in total. The van der Waals surface area contributed by atoms with Crippen molar-refractivity contribution >= 4 is 11.6 Å². The highest BCUT2D eigenvalue weighted by Crippen LogP contribution is 2.10. The SMILES string of the molecule is CC(C)C(CCCl)NCc1ccccc1F. The molecule has 0 aromatic heterocycles. The van der Waals surface area contributed by atoms with Crippen molar-refractivity contribution in [2.45, 2.75) is 32.9 Å². The molecule has 16 heavy (non-hydrogen) atoms. The molecule has 0 spiro atoms. The summed E-state index contributed by atoms with van der Waals surface area (Å²) in [5.41, 5.74) is 0.711. The van der Waals surface area contributed by atoms with Crippen molar-refractivity contribution in [3.63, 3.8) is 0 Å². The Kier molecular flexibility index (Phi) is 5.78. The Labute approximate surface area is 102 Å². The third-order valence-corrected chi connectivity index (χ3v) is 2.96. The minimum absolute atomic E-state index is 0.150. The Bertz CT molecular complexity index is 315. The van der Waals surface area contributed by atoms with Crippen LogP contribution in [-0.4, -0.2) is 11.9 Å². The van der Waals surface area contributed by atoms with Crippen LogP contribution in [0.3, 0.4) is 0 Å². The zero-order valence-electron chi connectivity index (χ0n) is 9.84. The van der Waals surface area contributed by atoms with E-state index >= 15 is 0 Å². The Balaban J connectivity index is 2.52. The van der Waals surface area contributed by atoms with E-state index in [0.717, 1.165) is 6.42 Å². The van der Waals surface area contributed by atoms with Crippen LogP contribution in [0.5, 0.6) is 0 Å². The maximum Gasteiger partial charge on any atom is 0.127 e. The quantitative estimate of drug-likeness (QED) is 0.754. The summed E-state index contributed by atoms with van der Waals surface area (Å²) in [6.07, 6.45) is 0.910. The van der Waals surface area contributed by atoms with E-state index < -0.39 is 0 Å². The molecular weight excluding hydrogens is 225 g/mol. The number of hydrogen-bond acceptors (Lipinski definition) is 1. The van der Waals surface area contributed by atoms with Crippen LogP contribution < -0.4 is 5.32 Å². The molecule has 0 amide bonds. The van der Waals surface area contributed by atoms with E-state index in [0.29, 0.717) is 29.9 Å². The summed E-state index contributed by atoms with van der Waals surface area (Å²) in [7, 11) is 0. The highest BCUT2D eigenvalue weighted by atomic mass is 35.5. The Morgan fingerprint density at radius 1 is 1.31 bits per heavy atom. The molecule has 3 heteroatoms. The topological polar surface area (TPSA) is 12.0 Å². The second kappa shape index (κ2) is 6.87. The number of benzene rings is 1. The molecule has 90 valence electrons. The fourth-order valence-electron chi connectivity index (χ4n) is 1.67. The minimum atomic E-state index is -0.150. The van der Waals surface area contributed by atoms with E-state index in [1.165, 1.54) is 6.07 Å². The van der Waals surface area contributed by atoms with Gasteiger partial charge in [0.05, 0.1) is 0 Å². The van der Waals surface area contributed by atoms with Gasteiger partial charge >= 0.3 is 0 Å². The average molecular weight is 244 g/mol. The van der Waals surface area contributed by atoms with Gasteiger partial charge in [-0.1, -0.05) is 32.0 Å². The monoisotopic (exact) mass is 243 g/mol. The average Bonchev–Trinajstić information content (AvgIpc) is 2.26. The number of hydrogen-bond donors (Lipinski definition) is 1. The first kappa shape index (κ1) is 13.5. The maximum absolute atomic E-state index is 13.4. The normalized spacial score (nSPS) is 13.1. The standard InChI is InChI=1S/C13H19ClFN/c1-10(2)13(7-8-14)16-9-11-5-3-4-6-12(11)15/h3-6,10,13,16H,7-9H2,1-2H3. The molecule has 0 radical (unpaired) electrons. The summed E-state index contributed by atoms with van der Waals surface area (Å²) < 4.78 is 13.4. The van der Waals surface area contributed by atoms with Crippen LogP contribution in [0.15, 0.2) is 24.3 Å². The van der Waals surface area contributed by atoms with Crippen molar-refractivity contribution in [3.8, 4) is 0 Å². The molecule has 0 heterocycles. The van der Waals surface area contributed by atoms with Crippen LogP contribution in [0.25, 0.3) is 0 Å². The van der Waals surface area contributed by atoms with E-state index in [4.69, 9.17) is 11.6 Å². The fraction of sp³-hybridized carbons (Fsp3) is 0.538. The van der Waals surface area contributed by atoms with Crippen LogP contribution >= 0.6 is 11.6 Å². The molecule has 1 atom stereocenters. The molecule has 1 nitrogen and oxygen atoms in total. The highest BCUT2D eigenvalue weighted by molar-refractivity contribution is 6.17. The van der Waals surface area contributed by atoms with Crippen LogP contribution in [0.1, 0.15) is 25.8 Å². The van der Waals surface area contributed by atoms with Crippen molar-refractivity contribution in [2.75, 3.05) is 5.88 Å². The lowest BCUT2D eigenvalue weighted by atomic mass is 10.0. The smallest absolute Gasteiger partial charge is 0.127 e. The van der Waals surface area contributed by atoms with Gasteiger partial charge in [-0.25, -0.2) is 4.39 Å². The van der Waals surface area contributed by atoms with Crippen LogP contribution in [-0.2, 0) is 6.54 Å². The summed E-state index contributed by atoms with van der Waals surface area (Å²) in [6.45, 7) is 4.85. The predicted molar refractivity (Wildman–Crippen MR) is 67.2 cm³/mol. The van der Waals surface area contributed by atoms with Gasteiger partial charge in [0.1, 0.15) is 5.82 Å². The lowest BCUT2D eigenvalue weighted by Crippen LogP contribution is -2.34. The van der Waals surface area contributed by atoms with Gasteiger partial charge in [-0.15, -0.1) is 11.6 Å². The fourth-order valence-corrected chi connectivity index (χ4v) is 1.91. The van der Waals surface area contributed by atoms with Gasteiger partial charge in [-0.05, 0) is 18.4 Å². The van der Waals surface area contributed by atoms with Crippen LogP contribution in [0.2, 0.25) is 0 Å². The van der Waals surface area contributed by atoms with Gasteiger partial charge in [0.15, 0.2) is 0 Å². The predicted octanol–water partition coefficient (Wildman–Crippen LogP) is 3.57. The molecule has 0 bridgehead atoms. The Hall–Kier alpha value is -0.600. The van der Waals surface area contributed by atoms with E-state index in [2.05, 4.69) is 19.2 Å². The molecule has 0 aliphatic rings. The van der Waals surface area contributed by atoms with E-state index in [1.54, 1.807) is 12.1 Å². The maximum atomic E-state index is 13.4. The van der Waals surface area contributed by atoms with Gasteiger partial charge in [0, 0.05) is 24.0 Å². The van der Waals surface area contributed by atoms with Crippen molar-refractivity contribution in [1.82, 2.24) is 5.32 Å². The molecule has 1 aromatic carbocycles. The van der Waals surface area contributed by atoms with Crippen molar-refractivity contribution in [2.24, 2.45) is 5.92 Å². The Morgan fingerprint density at radius 3 is 2.56 bits per heavy atom. The van der Waals surface area contributed by atoms with E-state index in [1.807, 2.05) is 6.07 Å². The zero-order valence-corrected chi connectivity index (χ0v) is 10.6. The number of halogens is 2. The third kappa shape index (κ3) is 4.11. The summed E-state index contributed by atoms with van der Waals surface area (Å²) in [4.78, 5) is 0. The molecule has 0 aliphatic heterocycles. The Morgan fingerprint density at radius 2 is 2.00 bits per heavy atom. The van der Waals surface area contributed by atoms with Gasteiger partial charge in [0.25, 0.3) is 0 Å². The van der Waals surface area contributed by atoms with Gasteiger partial charge in [-0.2, -0.15) is 0 Å². The first-order valence-electron chi connectivity index (χ1n) is 5.68. The molecule has 0 aliphatic carbocycles. The first-order valence-corrected chi connectivity index (χ1v) is 6.21. The van der Waals surface area contributed by atoms with Crippen LogP contribution in [0, 0.1) is 11.7 Å². The number of nitrogens with one attached hydrogen (secondary N) is 1. The molecule has 0 saturated carbocycles. The molecule has 0 saturated heterocycles. The summed E-state index contributed by atoms with van der Waals surface area (Å²) >= 11 is 5.74. The molecular formula is C13H19ClFN. The van der Waals surface area contributed by atoms with Crippen molar-refractivity contribution in [1.29, 1.82) is 0 Å². The van der Waals surface area contributed by atoms with Gasteiger partial charge in [0.2, 0.25) is 0 Å². The first-order chi connectivity index (χ1) is 7.65. The van der Waals surface area contributed by atoms with Gasteiger partial charge < -0.3 is 5.32 Å². The minimum Gasteiger partial charge on any atom is -0.310 e. The second-order valence-electron chi connectivity index (χ2n) is 4.30. The second-order valence-corrected chi connectivity index (χ2v) is 4.68. The third-order valence-electron chi connectivity index (χ3n) is 2.74. The summed E-state index contributed by atoms with van der Waals surface area (Å²) in [5, 5.41) is 3.35. The van der Waals surface area contributed by atoms with Crippen molar-refractivity contribution < 1.29 is 4.39 Å².